The SMILES string of the molecule is C1=CCC(c2ccc(-c3ccc(N(c4ccccc4)c4ccc(-c5cccc6ccccc56)cc4)cc3)cc2-n2c3ccccc3c3ccccc32)C=C1. The quantitative estimate of drug-likeness (QED) is 0.162. The lowest BCUT2D eigenvalue weighted by atomic mass is 9.89. The average Bonchev–Trinajstić information content (AvgIpc) is 3.59. The summed E-state index contributed by atoms with van der Waals surface area (Å²) >= 11 is 0. The smallest absolute Gasteiger partial charge is 0.0541 e. The molecule has 1 aliphatic carbocycles. The van der Waals surface area contributed by atoms with Crippen molar-refractivity contribution >= 4 is 49.6 Å². The number of hydrogen-bond acceptors (Lipinski definition) is 1. The van der Waals surface area contributed by atoms with Gasteiger partial charge >= 0.3 is 0 Å². The van der Waals surface area contributed by atoms with Crippen molar-refractivity contribution in [2.45, 2.75) is 12.3 Å². The summed E-state index contributed by atoms with van der Waals surface area (Å²) in [4.78, 5) is 2.34. The van der Waals surface area contributed by atoms with E-state index in [0.29, 0.717) is 5.92 Å². The summed E-state index contributed by atoms with van der Waals surface area (Å²) in [6.45, 7) is 0. The Morgan fingerprint density at radius 1 is 0.444 bits per heavy atom. The van der Waals surface area contributed by atoms with Crippen molar-refractivity contribution in [3.8, 4) is 27.9 Å². The zero-order valence-electron chi connectivity index (χ0n) is 29.9. The zero-order chi connectivity index (χ0) is 35.8. The van der Waals surface area contributed by atoms with Crippen LogP contribution < -0.4 is 4.90 Å². The maximum Gasteiger partial charge on any atom is 0.0541 e. The van der Waals surface area contributed by atoms with Gasteiger partial charge in [-0.2, -0.15) is 0 Å². The van der Waals surface area contributed by atoms with Crippen molar-refractivity contribution in [1.82, 2.24) is 4.57 Å². The summed E-state index contributed by atoms with van der Waals surface area (Å²) in [6.07, 6.45) is 9.96. The molecule has 2 heteroatoms. The van der Waals surface area contributed by atoms with E-state index < -0.39 is 0 Å². The van der Waals surface area contributed by atoms with Crippen LogP contribution in [0.2, 0.25) is 0 Å². The molecule has 0 aliphatic heterocycles. The minimum atomic E-state index is 0.313. The van der Waals surface area contributed by atoms with Gasteiger partial charge in [0.2, 0.25) is 0 Å². The van der Waals surface area contributed by atoms with E-state index in [9.17, 15) is 0 Å². The average molecular weight is 691 g/mol. The normalized spacial score (nSPS) is 13.9. The highest BCUT2D eigenvalue weighted by molar-refractivity contribution is 6.09. The highest BCUT2D eigenvalue weighted by Gasteiger charge is 2.20. The number of aromatic nitrogens is 1. The highest BCUT2D eigenvalue weighted by Crippen LogP contribution is 2.41. The number of para-hydroxylation sites is 3. The maximum atomic E-state index is 2.48. The molecule has 256 valence electrons. The summed E-state index contributed by atoms with van der Waals surface area (Å²) < 4.78 is 2.48. The van der Waals surface area contributed by atoms with Gasteiger partial charge in [0.25, 0.3) is 0 Å². The summed E-state index contributed by atoms with van der Waals surface area (Å²) in [6, 6.07) is 68.5. The van der Waals surface area contributed by atoms with E-state index >= 15 is 0 Å². The molecule has 1 aromatic heterocycles. The van der Waals surface area contributed by atoms with Crippen molar-refractivity contribution in [2.75, 3.05) is 4.90 Å². The molecule has 54 heavy (non-hydrogen) atoms. The first kappa shape index (κ1) is 31.8. The molecule has 2 nitrogen and oxygen atoms in total. The first-order chi connectivity index (χ1) is 26.8. The van der Waals surface area contributed by atoms with Crippen molar-refractivity contribution < 1.29 is 0 Å². The fourth-order valence-corrected chi connectivity index (χ4v) is 8.32. The fraction of sp³-hybridized carbons (Fsp3) is 0.0385. The Bertz CT molecular complexity index is 2780. The molecule has 0 amide bonds. The van der Waals surface area contributed by atoms with Crippen LogP contribution in [0.25, 0.3) is 60.5 Å². The zero-order valence-corrected chi connectivity index (χ0v) is 29.9. The largest absolute Gasteiger partial charge is 0.311 e. The van der Waals surface area contributed by atoms with Gasteiger partial charge in [-0.25, -0.2) is 0 Å². The minimum absolute atomic E-state index is 0.313. The summed E-state index contributed by atoms with van der Waals surface area (Å²) in [7, 11) is 0. The molecule has 0 bridgehead atoms. The van der Waals surface area contributed by atoms with Crippen molar-refractivity contribution in [2.24, 2.45) is 0 Å². The van der Waals surface area contributed by atoms with Crippen LogP contribution in [0.4, 0.5) is 17.1 Å². The Kier molecular flexibility index (Phi) is 8.00. The number of allylic oxidation sites excluding steroid dienone is 4. The number of anilines is 3. The van der Waals surface area contributed by atoms with E-state index in [1.165, 1.54) is 66.1 Å². The Morgan fingerprint density at radius 2 is 1.02 bits per heavy atom. The molecule has 1 aliphatic rings. The monoisotopic (exact) mass is 690 g/mol. The van der Waals surface area contributed by atoms with Crippen LogP contribution in [0.5, 0.6) is 0 Å². The lowest BCUT2D eigenvalue weighted by Crippen LogP contribution is -2.09. The molecule has 0 radical (unpaired) electrons. The van der Waals surface area contributed by atoms with E-state index in [0.717, 1.165) is 23.5 Å². The molecule has 0 saturated carbocycles. The summed E-state index contributed by atoms with van der Waals surface area (Å²) in [5, 5.41) is 5.08. The number of nitrogens with zero attached hydrogens (tertiary/aromatic N) is 2. The second kappa shape index (κ2) is 13.6. The second-order valence-electron chi connectivity index (χ2n) is 14.1. The van der Waals surface area contributed by atoms with Crippen LogP contribution in [-0.4, -0.2) is 4.57 Å². The Hall–Kier alpha value is -6.90. The second-order valence-corrected chi connectivity index (χ2v) is 14.1. The Morgan fingerprint density at radius 3 is 1.70 bits per heavy atom. The lowest BCUT2D eigenvalue weighted by molar-refractivity contribution is 0.843. The minimum Gasteiger partial charge on any atom is -0.311 e. The fourth-order valence-electron chi connectivity index (χ4n) is 8.32. The highest BCUT2D eigenvalue weighted by atomic mass is 15.1. The van der Waals surface area contributed by atoms with Gasteiger partial charge in [0, 0.05) is 33.8 Å². The lowest BCUT2D eigenvalue weighted by Gasteiger charge is -2.26. The number of rotatable bonds is 7. The maximum absolute atomic E-state index is 2.48. The van der Waals surface area contributed by atoms with Gasteiger partial charge in [0.15, 0.2) is 0 Å². The first-order valence-corrected chi connectivity index (χ1v) is 18.8. The predicted molar refractivity (Wildman–Crippen MR) is 229 cm³/mol. The Labute approximate surface area is 316 Å². The molecule has 0 fully saturated rings. The third kappa shape index (κ3) is 5.60. The van der Waals surface area contributed by atoms with Crippen LogP contribution in [-0.2, 0) is 0 Å². The molecule has 1 unspecified atom stereocenters. The molecule has 0 N–H and O–H groups in total. The van der Waals surface area contributed by atoms with Crippen LogP contribution >= 0.6 is 0 Å². The summed E-state index contributed by atoms with van der Waals surface area (Å²) in [5.41, 5.74) is 13.2. The third-order valence-electron chi connectivity index (χ3n) is 10.9. The van der Waals surface area contributed by atoms with Gasteiger partial charge in [-0.15, -0.1) is 0 Å². The predicted octanol–water partition coefficient (Wildman–Crippen LogP) is 14.3. The van der Waals surface area contributed by atoms with Crippen molar-refractivity contribution in [3.63, 3.8) is 0 Å². The van der Waals surface area contributed by atoms with Crippen LogP contribution in [0, 0.1) is 0 Å². The van der Waals surface area contributed by atoms with Crippen LogP contribution in [0.1, 0.15) is 17.9 Å². The van der Waals surface area contributed by atoms with E-state index in [4.69, 9.17) is 0 Å². The van der Waals surface area contributed by atoms with Gasteiger partial charge < -0.3 is 9.47 Å². The topological polar surface area (TPSA) is 8.17 Å². The van der Waals surface area contributed by atoms with E-state index in [2.05, 4.69) is 222 Å². The van der Waals surface area contributed by atoms with Gasteiger partial charge in [0.05, 0.1) is 16.7 Å². The molecule has 8 aromatic carbocycles. The molecule has 0 spiro atoms. The first-order valence-electron chi connectivity index (χ1n) is 18.8. The third-order valence-corrected chi connectivity index (χ3v) is 10.9. The van der Waals surface area contributed by atoms with Gasteiger partial charge in [-0.1, -0.05) is 158 Å². The molecule has 9 aromatic rings. The van der Waals surface area contributed by atoms with Gasteiger partial charge in [0.1, 0.15) is 0 Å². The summed E-state index contributed by atoms with van der Waals surface area (Å²) in [5.74, 6) is 0.313. The van der Waals surface area contributed by atoms with Crippen molar-refractivity contribution in [3.05, 3.63) is 218 Å². The van der Waals surface area contributed by atoms with Crippen LogP contribution in [0.3, 0.4) is 0 Å². The molecule has 1 atom stereocenters. The van der Waals surface area contributed by atoms with Crippen molar-refractivity contribution in [1.29, 1.82) is 0 Å². The molecule has 10 rings (SSSR count). The van der Waals surface area contributed by atoms with E-state index in [1.54, 1.807) is 0 Å². The van der Waals surface area contributed by atoms with E-state index in [-0.39, 0.29) is 0 Å². The number of benzene rings is 8. The Balaban J connectivity index is 1.05. The molecule has 1 heterocycles. The van der Waals surface area contributed by atoms with Crippen LogP contribution in [0.15, 0.2) is 212 Å². The number of fused-ring (bicyclic) bond motifs is 4. The number of hydrogen-bond donors (Lipinski definition) is 0. The molecular weight excluding hydrogens is 653 g/mol. The van der Waals surface area contributed by atoms with Gasteiger partial charge in [-0.3, -0.25) is 0 Å². The standard InChI is InChI=1S/C52H38N2/c1-3-14-39(15-4-1)47-35-30-41(36-52(47)54-50-24-11-9-21-48(50)49-22-10-12-25-51(49)54)37-26-31-43(32-27-37)53(42-18-5-2-6-19-42)44-33-28-40(29-34-44)46-23-13-17-38-16-7-8-20-45(38)46/h1-14,16-36,39H,15H2. The molecular formula is C52H38N2. The van der Waals surface area contributed by atoms with Gasteiger partial charge in [-0.05, 0) is 99.6 Å². The molecule has 0 saturated heterocycles. The van der Waals surface area contributed by atoms with E-state index in [1.807, 2.05) is 0 Å².